The third-order valence-electron chi connectivity index (χ3n) is 2.96. The topological polar surface area (TPSA) is 41.1 Å². The Balaban J connectivity index is 2.44. The minimum atomic E-state index is 0.0169. The standard InChI is InChI=1S/C14H21ClN2O/c1-4-10(2)17-14(18)9-16-11(3)12-7-5-6-8-13(12)15/h5-8,10-11,16H,4,9H2,1-3H3,(H,17,18)/t10?,11-/m0/s1. The average molecular weight is 269 g/mol. The molecular weight excluding hydrogens is 248 g/mol. The number of hydrogen-bond acceptors (Lipinski definition) is 2. The number of carbonyl (C=O) groups is 1. The van der Waals surface area contributed by atoms with Gasteiger partial charge >= 0.3 is 0 Å². The van der Waals surface area contributed by atoms with Crippen molar-refractivity contribution in [3.8, 4) is 0 Å². The number of nitrogens with one attached hydrogen (secondary N) is 2. The molecule has 18 heavy (non-hydrogen) atoms. The van der Waals surface area contributed by atoms with Crippen LogP contribution in [0, 0.1) is 0 Å². The lowest BCUT2D eigenvalue weighted by molar-refractivity contribution is -0.120. The molecule has 1 aromatic carbocycles. The molecule has 0 aromatic heterocycles. The van der Waals surface area contributed by atoms with Crippen LogP contribution >= 0.6 is 11.6 Å². The molecule has 1 rings (SSSR count). The van der Waals surface area contributed by atoms with Gasteiger partial charge in [-0.05, 0) is 31.9 Å². The second-order valence-corrected chi connectivity index (χ2v) is 4.91. The second-order valence-electron chi connectivity index (χ2n) is 4.50. The molecule has 0 saturated carbocycles. The lowest BCUT2D eigenvalue weighted by Gasteiger charge is -2.17. The molecule has 1 aromatic rings. The van der Waals surface area contributed by atoms with E-state index < -0.39 is 0 Å². The Morgan fingerprint density at radius 1 is 1.33 bits per heavy atom. The average Bonchev–Trinajstić information content (AvgIpc) is 2.36. The highest BCUT2D eigenvalue weighted by molar-refractivity contribution is 6.31. The Kier molecular flexibility index (Phi) is 6.16. The summed E-state index contributed by atoms with van der Waals surface area (Å²) >= 11 is 6.10. The van der Waals surface area contributed by atoms with Gasteiger partial charge in [0.2, 0.25) is 5.91 Å². The second kappa shape index (κ2) is 7.39. The van der Waals surface area contributed by atoms with Gasteiger partial charge in [0.15, 0.2) is 0 Å². The van der Waals surface area contributed by atoms with Crippen LogP contribution in [0.25, 0.3) is 0 Å². The van der Waals surface area contributed by atoms with Crippen molar-refractivity contribution in [2.24, 2.45) is 0 Å². The normalized spacial score (nSPS) is 14.0. The van der Waals surface area contributed by atoms with Crippen LogP contribution in [0.5, 0.6) is 0 Å². The summed E-state index contributed by atoms with van der Waals surface area (Å²) in [6.45, 7) is 6.34. The van der Waals surface area contributed by atoms with Crippen LogP contribution in [0.4, 0.5) is 0 Å². The Morgan fingerprint density at radius 2 is 2.00 bits per heavy atom. The molecule has 0 spiro atoms. The van der Waals surface area contributed by atoms with Gasteiger partial charge in [-0.3, -0.25) is 4.79 Å². The quantitative estimate of drug-likeness (QED) is 0.833. The summed E-state index contributed by atoms with van der Waals surface area (Å²) in [5.74, 6) is 0.0169. The summed E-state index contributed by atoms with van der Waals surface area (Å²) in [6.07, 6.45) is 0.936. The first-order valence-corrected chi connectivity index (χ1v) is 6.69. The lowest BCUT2D eigenvalue weighted by Crippen LogP contribution is -2.39. The fourth-order valence-corrected chi connectivity index (χ4v) is 1.91. The highest BCUT2D eigenvalue weighted by Crippen LogP contribution is 2.21. The molecule has 0 aliphatic rings. The third-order valence-corrected chi connectivity index (χ3v) is 3.30. The third kappa shape index (κ3) is 4.67. The first-order chi connectivity index (χ1) is 8.54. The summed E-state index contributed by atoms with van der Waals surface area (Å²) in [7, 11) is 0. The summed E-state index contributed by atoms with van der Waals surface area (Å²) in [4.78, 5) is 11.6. The van der Waals surface area contributed by atoms with Crippen molar-refractivity contribution in [1.82, 2.24) is 10.6 Å². The van der Waals surface area contributed by atoms with E-state index in [9.17, 15) is 4.79 Å². The van der Waals surface area contributed by atoms with Gasteiger partial charge in [-0.2, -0.15) is 0 Å². The molecule has 4 heteroatoms. The van der Waals surface area contributed by atoms with Crippen molar-refractivity contribution in [3.05, 3.63) is 34.9 Å². The predicted molar refractivity (Wildman–Crippen MR) is 75.8 cm³/mol. The molecule has 0 aliphatic heterocycles. The van der Waals surface area contributed by atoms with E-state index in [1.54, 1.807) is 0 Å². The van der Waals surface area contributed by atoms with Gasteiger partial charge in [-0.25, -0.2) is 0 Å². The summed E-state index contributed by atoms with van der Waals surface area (Å²) in [6, 6.07) is 7.93. The van der Waals surface area contributed by atoms with Gasteiger partial charge in [0.1, 0.15) is 0 Å². The van der Waals surface area contributed by atoms with E-state index in [4.69, 9.17) is 11.6 Å². The molecule has 1 amide bonds. The highest BCUT2D eigenvalue weighted by atomic mass is 35.5. The van der Waals surface area contributed by atoms with E-state index in [-0.39, 0.29) is 18.0 Å². The summed E-state index contributed by atoms with van der Waals surface area (Å²) in [5, 5.41) is 6.81. The molecule has 100 valence electrons. The molecule has 0 bridgehead atoms. The van der Waals surface area contributed by atoms with Crippen LogP contribution in [0.2, 0.25) is 5.02 Å². The van der Waals surface area contributed by atoms with Crippen molar-refractivity contribution in [2.75, 3.05) is 6.54 Å². The summed E-state index contributed by atoms with van der Waals surface area (Å²) in [5.41, 5.74) is 1.01. The van der Waals surface area contributed by atoms with Crippen LogP contribution in [-0.4, -0.2) is 18.5 Å². The van der Waals surface area contributed by atoms with Crippen LogP contribution in [0.15, 0.2) is 24.3 Å². The van der Waals surface area contributed by atoms with Gasteiger partial charge in [0.05, 0.1) is 6.54 Å². The number of rotatable bonds is 6. The molecule has 0 radical (unpaired) electrons. The SMILES string of the molecule is CCC(C)NC(=O)CN[C@@H](C)c1ccccc1Cl. The first-order valence-electron chi connectivity index (χ1n) is 6.31. The van der Waals surface area contributed by atoms with E-state index in [0.717, 1.165) is 17.0 Å². The fraction of sp³-hybridized carbons (Fsp3) is 0.500. The molecular formula is C14H21ClN2O. The van der Waals surface area contributed by atoms with Gasteiger partial charge < -0.3 is 10.6 Å². The molecule has 0 fully saturated rings. The Bertz CT molecular complexity index is 395. The number of halogens is 1. The first kappa shape index (κ1) is 15.0. The van der Waals surface area contributed by atoms with Crippen LogP contribution in [0.1, 0.15) is 38.8 Å². The van der Waals surface area contributed by atoms with Gasteiger partial charge in [0.25, 0.3) is 0 Å². The van der Waals surface area contributed by atoms with Crippen molar-refractivity contribution in [2.45, 2.75) is 39.3 Å². The number of amides is 1. The molecule has 1 unspecified atom stereocenters. The van der Waals surface area contributed by atoms with E-state index in [0.29, 0.717) is 6.54 Å². The molecule has 2 N–H and O–H groups in total. The number of carbonyl (C=O) groups excluding carboxylic acids is 1. The minimum Gasteiger partial charge on any atom is -0.353 e. The summed E-state index contributed by atoms with van der Waals surface area (Å²) < 4.78 is 0. The fourth-order valence-electron chi connectivity index (χ4n) is 1.61. The van der Waals surface area contributed by atoms with E-state index in [1.165, 1.54) is 0 Å². The smallest absolute Gasteiger partial charge is 0.234 e. The van der Waals surface area contributed by atoms with Gasteiger partial charge in [-0.15, -0.1) is 0 Å². The van der Waals surface area contributed by atoms with Crippen LogP contribution < -0.4 is 10.6 Å². The van der Waals surface area contributed by atoms with Crippen molar-refractivity contribution in [3.63, 3.8) is 0 Å². The van der Waals surface area contributed by atoms with Crippen molar-refractivity contribution >= 4 is 17.5 Å². The van der Waals surface area contributed by atoms with Crippen molar-refractivity contribution in [1.29, 1.82) is 0 Å². The minimum absolute atomic E-state index is 0.0169. The monoisotopic (exact) mass is 268 g/mol. The van der Waals surface area contributed by atoms with Gasteiger partial charge in [-0.1, -0.05) is 36.7 Å². The molecule has 2 atom stereocenters. The Hall–Kier alpha value is -1.06. The molecule has 3 nitrogen and oxygen atoms in total. The zero-order valence-electron chi connectivity index (χ0n) is 11.2. The lowest BCUT2D eigenvalue weighted by atomic mass is 10.1. The van der Waals surface area contributed by atoms with Gasteiger partial charge in [0, 0.05) is 17.1 Å². The molecule has 0 aliphatic carbocycles. The zero-order valence-corrected chi connectivity index (χ0v) is 11.9. The Labute approximate surface area is 114 Å². The number of benzene rings is 1. The maximum atomic E-state index is 11.6. The Morgan fingerprint density at radius 3 is 2.61 bits per heavy atom. The number of hydrogen-bond donors (Lipinski definition) is 2. The molecule has 0 heterocycles. The largest absolute Gasteiger partial charge is 0.353 e. The van der Waals surface area contributed by atoms with E-state index >= 15 is 0 Å². The molecule has 0 saturated heterocycles. The van der Waals surface area contributed by atoms with Crippen LogP contribution in [0.3, 0.4) is 0 Å². The van der Waals surface area contributed by atoms with E-state index in [2.05, 4.69) is 10.6 Å². The van der Waals surface area contributed by atoms with Crippen LogP contribution in [-0.2, 0) is 4.79 Å². The highest BCUT2D eigenvalue weighted by Gasteiger charge is 2.11. The maximum Gasteiger partial charge on any atom is 0.234 e. The van der Waals surface area contributed by atoms with E-state index in [1.807, 2.05) is 45.0 Å². The predicted octanol–water partition coefficient (Wildman–Crippen LogP) is 2.91. The van der Waals surface area contributed by atoms with Crippen molar-refractivity contribution < 1.29 is 4.79 Å². The zero-order chi connectivity index (χ0) is 13.5. The maximum absolute atomic E-state index is 11.6.